The average molecular weight is 463 g/mol. The van der Waals surface area contributed by atoms with Crippen LogP contribution in [0.25, 0.3) is 0 Å². The summed E-state index contributed by atoms with van der Waals surface area (Å²) < 4.78 is 61.7. The van der Waals surface area contributed by atoms with E-state index in [1.807, 2.05) is 0 Å². The van der Waals surface area contributed by atoms with Crippen LogP contribution in [0.1, 0.15) is 17.5 Å². The number of benzene rings is 1. The number of alkyl halides is 3. The third-order valence-corrected chi connectivity index (χ3v) is 4.17. The second-order valence-corrected chi connectivity index (χ2v) is 7.02. The van der Waals surface area contributed by atoms with Gasteiger partial charge in [0.05, 0.1) is 10.5 Å². The van der Waals surface area contributed by atoms with Crippen LogP contribution in [0.2, 0.25) is 0 Å². The average Bonchev–Trinajstić information content (AvgIpc) is 2.44. The Balaban J connectivity index is 0.00000264. The van der Waals surface area contributed by atoms with Gasteiger partial charge >= 0.3 is 6.18 Å². The summed E-state index contributed by atoms with van der Waals surface area (Å²) in [5.41, 5.74) is -0.754. The molecule has 1 heterocycles. The molecular formula is C13H17F3IN3O2S. The van der Waals surface area contributed by atoms with E-state index in [-0.39, 0.29) is 41.0 Å². The number of nitrogens with one attached hydrogen (secondary N) is 2. The molecule has 0 amide bonds. The summed E-state index contributed by atoms with van der Waals surface area (Å²) in [6, 6.07) is 2.82. The number of nitrogens with zero attached hydrogens (tertiary/aromatic N) is 1. The molecule has 1 aromatic rings. The van der Waals surface area contributed by atoms with Crippen LogP contribution < -0.4 is 10.6 Å². The number of rotatable bonds is 3. The van der Waals surface area contributed by atoms with Crippen LogP contribution in [0.5, 0.6) is 0 Å². The maximum absolute atomic E-state index is 12.9. The minimum absolute atomic E-state index is 0. The van der Waals surface area contributed by atoms with Crippen molar-refractivity contribution < 1.29 is 21.6 Å². The molecule has 0 unspecified atom stereocenters. The fourth-order valence-corrected chi connectivity index (χ4v) is 2.68. The Bertz CT molecular complexity index is 690. The van der Waals surface area contributed by atoms with Crippen LogP contribution in [-0.4, -0.2) is 33.7 Å². The largest absolute Gasteiger partial charge is 0.416 e. The van der Waals surface area contributed by atoms with Crippen LogP contribution in [-0.2, 0) is 22.6 Å². The van der Waals surface area contributed by atoms with E-state index in [1.165, 1.54) is 6.07 Å². The van der Waals surface area contributed by atoms with E-state index in [0.29, 0.717) is 18.6 Å². The van der Waals surface area contributed by atoms with Gasteiger partial charge in [0, 0.05) is 25.9 Å². The molecule has 0 saturated carbocycles. The standard InChI is InChI=1S/C13H16F3N3O2S.HI/c1-22(20,21)11-6-9(5-10(7-11)13(14,15)16)8-19-12-17-3-2-4-18-12;/h5-7H,2-4,8H2,1H3,(H2,17,18,19);1H. The van der Waals surface area contributed by atoms with E-state index in [0.717, 1.165) is 25.3 Å². The molecule has 130 valence electrons. The highest BCUT2D eigenvalue weighted by atomic mass is 127. The lowest BCUT2D eigenvalue weighted by Crippen LogP contribution is -2.40. The number of hydrogen-bond donors (Lipinski definition) is 2. The van der Waals surface area contributed by atoms with Crippen molar-refractivity contribution in [3.63, 3.8) is 0 Å². The monoisotopic (exact) mass is 463 g/mol. The Kier molecular flexibility index (Phi) is 6.69. The van der Waals surface area contributed by atoms with Crippen molar-refractivity contribution in [3.05, 3.63) is 29.3 Å². The van der Waals surface area contributed by atoms with Crippen LogP contribution in [0, 0.1) is 0 Å². The zero-order valence-corrected chi connectivity index (χ0v) is 15.4. The fourth-order valence-electron chi connectivity index (χ4n) is 1.98. The smallest absolute Gasteiger partial charge is 0.356 e. The van der Waals surface area contributed by atoms with Gasteiger partial charge in [0.2, 0.25) is 0 Å². The summed E-state index contributed by atoms with van der Waals surface area (Å²) in [5.74, 6) is 0.504. The van der Waals surface area contributed by atoms with Crippen LogP contribution in [0.4, 0.5) is 13.2 Å². The van der Waals surface area contributed by atoms with E-state index in [9.17, 15) is 21.6 Å². The van der Waals surface area contributed by atoms with Crippen LogP contribution in [0.3, 0.4) is 0 Å². The molecule has 5 nitrogen and oxygen atoms in total. The van der Waals surface area contributed by atoms with Gasteiger partial charge in [0.25, 0.3) is 0 Å². The van der Waals surface area contributed by atoms with E-state index < -0.39 is 21.6 Å². The summed E-state index contributed by atoms with van der Waals surface area (Å²) in [4.78, 5) is 3.79. The van der Waals surface area contributed by atoms with Crippen molar-refractivity contribution in [1.82, 2.24) is 10.6 Å². The second-order valence-electron chi connectivity index (χ2n) is 5.00. The SMILES string of the molecule is CS(=O)(=O)c1cc(CNC2=NCCCN2)cc(C(F)(F)F)c1.I. The van der Waals surface area contributed by atoms with Gasteiger partial charge in [-0.3, -0.25) is 4.99 Å². The predicted octanol–water partition coefficient (Wildman–Crippen LogP) is 2.17. The van der Waals surface area contributed by atoms with Gasteiger partial charge in [-0.1, -0.05) is 0 Å². The van der Waals surface area contributed by atoms with Gasteiger partial charge in [0.1, 0.15) is 0 Å². The number of sulfone groups is 1. The zero-order valence-electron chi connectivity index (χ0n) is 12.3. The molecule has 0 saturated heterocycles. The lowest BCUT2D eigenvalue weighted by molar-refractivity contribution is -0.137. The quantitative estimate of drug-likeness (QED) is 0.675. The van der Waals surface area contributed by atoms with Gasteiger partial charge in [-0.15, -0.1) is 24.0 Å². The molecule has 2 rings (SSSR count). The maximum atomic E-state index is 12.9. The molecule has 0 bridgehead atoms. The summed E-state index contributed by atoms with van der Waals surface area (Å²) >= 11 is 0. The van der Waals surface area contributed by atoms with Gasteiger partial charge in [-0.2, -0.15) is 13.2 Å². The molecule has 1 aromatic carbocycles. The summed E-state index contributed by atoms with van der Waals surface area (Å²) in [6.45, 7) is 1.44. The second kappa shape index (κ2) is 7.69. The molecule has 0 aliphatic carbocycles. The lowest BCUT2D eigenvalue weighted by Gasteiger charge is -2.17. The van der Waals surface area contributed by atoms with Crippen molar-refractivity contribution >= 4 is 39.8 Å². The third-order valence-electron chi connectivity index (χ3n) is 3.08. The first-order valence-electron chi connectivity index (χ1n) is 6.60. The van der Waals surface area contributed by atoms with Gasteiger partial charge in [-0.25, -0.2) is 8.42 Å². The molecule has 1 aliphatic heterocycles. The van der Waals surface area contributed by atoms with Crippen molar-refractivity contribution in [3.8, 4) is 0 Å². The molecule has 0 aromatic heterocycles. The molecule has 1 aliphatic rings. The Morgan fingerprint density at radius 2 is 2.00 bits per heavy atom. The first-order chi connectivity index (χ1) is 10.2. The first kappa shape index (κ1) is 20.0. The normalized spacial score (nSPS) is 15.2. The van der Waals surface area contributed by atoms with Gasteiger partial charge in [0.15, 0.2) is 15.8 Å². The lowest BCUT2D eigenvalue weighted by atomic mass is 10.1. The Hall–Kier alpha value is -1.04. The molecule has 0 radical (unpaired) electrons. The molecule has 2 N–H and O–H groups in total. The molecule has 10 heteroatoms. The topological polar surface area (TPSA) is 70.6 Å². The predicted molar refractivity (Wildman–Crippen MR) is 91.7 cm³/mol. The van der Waals surface area contributed by atoms with Crippen molar-refractivity contribution in [1.29, 1.82) is 0 Å². The maximum Gasteiger partial charge on any atom is 0.416 e. The highest BCUT2D eigenvalue weighted by molar-refractivity contribution is 14.0. The Labute approximate surface area is 149 Å². The van der Waals surface area contributed by atoms with Crippen molar-refractivity contribution in [2.45, 2.75) is 24.0 Å². The van der Waals surface area contributed by atoms with Crippen molar-refractivity contribution in [2.75, 3.05) is 19.3 Å². The highest BCUT2D eigenvalue weighted by Crippen LogP contribution is 2.31. The van der Waals surface area contributed by atoms with E-state index in [1.54, 1.807) is 0 Å². The zero-order chi connectivity index (χ0) is 16.4. The van der Waals surface area contributed by atoms with Gasteiger partial charge in [-0.05, 0) is 30.2 Å². The number of aliphatic imine (C=N–C) groups is 1. The third kappa shape index (κ3) is 5.83. The molecule has 0 atom stereocenters. The van der Waals surface area contributed by atoms with E-state index >= 15 is 0 Å². The van der Waals surface area contributed by atoms with Gasteiger partial charge < -0.3 is 10.6 Å². The van der Waals surface area contributed by atoms with E-state index in [2.05, 4.69) is 15.6 Å². The molecule has 0 spiro atoms. The summed E-state index contributed by atoms with van der Waals surface area (Å²) in [5, 5.41) is 5.85. The number of guanidine groups is 1. The van der Waals surface area contributed by atoms with E-state index in [4.69, 9.17) is 0 Å². The summed E-state index contributed by atoms with van der Waals surface area (Å²) in [7, 11) is -3.72. The number of hydrogen-bond acceptors (Lipinski definition) is 5. The Morgan fingerprint density at radius 1 is 1.30 bits per heavy atom. The summed E-state index contributed by atoms with van der Waals surface area (Å²) in [6.07, 6.45) is -2.82. The van der Waals surface area contributed by atoms with Crippen molar-refractivity contribution in [2.24, 2.45) is 4.99 Å². The Morgan fingerprint density at radius 3 is 2.52 bits per heavy atom. The molecule has 0 fully saturated rings. The first-order valence-corrected chi connectivity index (χ1v) is 8.49. The minimum atomic E-state index is -4.60. The van der Waals surface area contributed by atoms with Crippen LogP contribution in [0.15, 0.2) is 28.1 Å². The molecular weight excluding hydrogens is 446 g/mol. The molecule has 23 heavy (non-hydrogen) atoms. The number of halogens is 4. The minimum Gasteiger partial charge on any atom is -0.356 e. The highest BCUT2D eigenvalue weighted by Gasteiger charge is 2.32. The van der Waals surface area contributed by atoms with Crippen LogP contribution >= 0.6 is 24.0 Å². The fraction of sp³-hybridized carbons (Fsp3) is 0.462.